The van der Waals surface area contributed by atoms with E-state index < -0.39 is 11.3 Å². The minimum absolute atomic E-state index is 0.141. The number of rotatable bonds is 12. The van der Waals surface area contributed by atoms with Gasteiger partial charge in [-0.3, -0.25) is 24.7 Å². The second kappa shape index (κ2) is 11.2. The molecule has 0 saturated carbocycles. The Morgan fingerprint density at radius 2 is 2.12 bits per heavy atom. The second-order valence-electron chi connectivity index (χ2n) is 6.23. The Labute approximate surface area is 152 Å². The number of unbranched alkanes of at least 4 members (excludes halogenated alkanes) is 1. The predicted molar refractivity (Wildman–Crippen MR) is 96.5 cm³/mol. The van der Waals surface area contributed by atoms with Crippen LogP contribution < -0.4 is 16.6 Å². The van der Waals surface area contributed by atoms with Crippen LogP contribution in [0.5, 0.6) is 0 Å². The fourth-order valence-electron chi connectivity index (χ4n) is 2.51. The lowest BCUT2D eigenvalue weighted by atomic mass is 10.1. The number of likely N-dealkylation sites (tertiary alicyclic amines) is 1. The van der Waals surface area contributed by atoms with Crippen molar-refractivity contribution in [1.82, 2.24) is 15.8 Å². The molecule has 8 nitrogen and oxygen atoms in total. The summed E-state index contributed by atoms with van der Waals surface area (Å²) in [5.41, 5.74) is 10.6. The quantitative estimate of drug-likeness (QED) is 0.190. The van der Waals surface area contributed by atoms with E-state index in [1.54, 1.807) is 13.8 Å². The molecule has 3 amide bonds. The Balaban J connectivity index is 2.25. The number of nitrogens with two attached hydrogens (primary N) is 1. The molecule has 142 valence electrons. The monoisotopic (exact) mass is 372 g/mol. The zero-order chi connectivity index (χ0) is 18.8. The van der Waals surface area contributed by atoms with Gasteiger partial charge in [-0.15, -0.1) is 11.8 Å². The smallest absolute Gasteiger partial charge is 0.243 e. The number of amides is 3. The lowest BCUT2D eigenvalue weighted by Gasteiger charge is -2.18. The highest BCUT2D eigenvalue weighted by Gasteiger charge is 2.39. The van der Waals surface area contributed by atoms with Crippen LogP contribution in [0.2, 0.25) is 0 Å². The van der Waals surface area contributed by atoms with Gasteiger partial charge in [0, 0.05) is 24.6 Å². The zero-order valence-corrected chi connectivity index (χ0v) is 15.6. The number of hydrogen-bond donors (Lipinski definition) is 3. The summed E-state index contributed by atoms with van der Waals surface area (Å²) in [6.45, 7) is 4.18. The summed E-state index contributed by atoms with van der Waals surface area (Å²) < 4.78 is 0. The van der Waals surface area contributed by atoms with E-state index in [-0.39, 0.29) is 36.6 Å². The van der Waals surface area contributed by atoms with Gasteiger partial charge in [-0.25, -0.2) is 5.43 Å². The molecule has 0 radical (unpaired) electrons. The number of imide groups is 1. The van der Waals surface area contributed by atoms with E-state index in [0.717, 1.165) is 19.1 Å². The van der Waals surface area contributed by atoms with E-state index >= 15 is 0 Å². The molecule has 25 heavy (non-hydrogen) atoms. The minimum Gasteiger partial charge on any atom is -0.330 e. The van der Waals surface area contributed by atoms with Gasteiger partial charge < -0.3 is 10.5 Å². The van der Waals surface area contributed by atoms with Crippen molar-refractivity contribution in [2.45, 2.75) is 63.3 Å². The molecule has 2 atom stereocenters. The molecule has 1 heterocycles. The Kier molecular flexibility index (Phi) is 9.69. The number of hydrazine groups is 1. The van der Waals surface area contributed by atoms with E-state index in [1.807, 2.05) is 0 Å². The van der Waals surface area contributed by atoms with Crippen molar-refractivity contribution in [2.75, 3.05) is 12.3 Å². The number of carbonyl (C=O) groups is 4. The first-order valence-corrected chi connectivity index (χ1v) is 9.62. The third kappa shape index (κ3) is 7.13. The maximum Gasteiger partial charge on any atom is 0.243 e. The van der Waals surface area contributed by atoms with Crippen LogP contribution in [0.25, 0.3) is 0 Å². The van der Waals surface area contributed by atoms with Crippen molar-refractivity contribution in [3.63, 3.8) is 0 Å². The lowest BCUT2D eigenvalue weighted by molar-refractivity contribution is -0.140. The number of aldehydes is 1. The van der Waals surface area contributed by atoms with Gasteiger partial charge in [-0.1, -0.05) is 6.42 Å². The Morgan fingerprint density at radius 3 is 2.68 bits per heavy atom. The van der Waals surface area contributed by atoms with Crippen LogP contribution in [0.3, 0.4) is 0 Å². The Bertz CT molecular complexity index is 487. The van der Waals surface area contributed by atoms with Crippen LogP contribution in [-0.4, -0.2) is 58.5 Å². The van der Waals surface area contributed by atoms with Gasteiger partial charge in [0.25, 0.3) is 0 Å². The maximum atomic E-state index is 12.1. The minimum atomic E-state index is -0.434. The van der Waals surface area contributed by atoms with Crippen LogP contribution in [0.15, 0.2) is 0 Å². The Hall–Kier alpha value is -1.45. The molecule has 0 aromatic rings. The zero-order valence-electron chi connectivity index (χ0n) is 14.8. The summed E-state index contributed by atoms with van der Waals surface area (Å²) in [6, 6.07) is -0.575. The lowest BCUT2D eigenvalue weighted by Crippen LogP contribution is -2.45. The molecule has 1 aliphatic rings. The maximum absolute atomic E-state index is 12.1. The van der Waals surface area contributed by atoms with Crippen molar-refractivity contribution < 1.29 is 19.2 Å². The summed E-state index contributed by atoms with van der Waals surface area (Å²) in [4.78, 5) is 48.0. The van der Waals surface area contributed by atoms with Crippen molar-refractivity contribution in [3.8, 4) is 0 Å². The number of thioether (sulfide) groups is 1. The molecule has 1 fully saturated rings. The van der Waals surface area contributed by atoms with Crippen LogP contribution in [0.1, 0.15) is 46.0 Å². The summed E-state index contributed by atoms with van der Waals surface area (Å²) in [6.07, 6.45) is 3.40. The molecule has 1 rings (SSSR count). The third-order valence-electron chi connectivity index (χ3n) is 3.84. The van der Waals surface area contributed by atoms with Crippen LogP contribution in [-0.2, 0) is 19.2 Å². The van der Waals surface area contributed by atoms with E-state index in [4.69, 9.17) is 5.73 Å². The summed E-state index contributed by atoms with van der Waals surface area (Å²) in [5.74, 6) is -0.155. The molecular weight excluding hydrogens is 344 g/mol. The molecule has 0 bridgehead atoms. The van der Waals surface area contributed by atoms with Gasteiger partial charge in [0.2, 0.25) is 17.7 Å². The predicted octanol–water partition coefficient (Wildman–Crippen LogP) is -0.0371. The van der Waals surface area contributed by atoms with Gasteiger partial charge in [0.05, 0.1) is 11.3 Å². The van der Waals surface area contributed by atoms with E-state index in [9.17, 15) is 19.2 Å². The SMILES string of the molecule is CC(C)N1C(=O)CC(SCCC(=O)NN[C@H](C=O)CCCCN)C1=O. The highest BCUT2D eigenvalue weighted by atomic mass is 32.2. The molecule has 0 aliphatic carbocycles. The largest absolute Gasteiger partial charge is 0.330 e. The highest BCUT2D eigenvalue weighted by Crippen LogP contribution is 2.26. The highest BCUT2D eigenvalue weighted by molar-refractivity contribution is 8.00. The molecule has 1 unspecified atom stereocenters. The number of nitrogens with one attached hydrogen (secondary N) is 2. The first-order chi connectivity index (χ1) is 11.9. The van der Waals surface area contributed by atoms with Gasteiger partial charge >= 0.3 is 0 Å². The fraction of sp³-hybridized carbons (Fsp3) is 0.750. The van der Waals surface area contributed by atoms with Gasteiger partial charge in [-0.2, -0.15) is 0 Å². The average molecular weight is 372 g/mol. The normalized spacial score (nSPS) is 18.7. The third-order valence-corrected chi connectivity index (χ3v) is 5.05. The van der Waals surface area contributed by atoms with Gasteiger partial charge in [0.1, 0.15) is 6.29 Å². The van der Waals surface area contributed by atoms with Crippen molar-refractivity contribution in [2.24, 2.45) is 5.73 Å². The van der Waals surface area contributed by atoms with Gasteiger partial charge in [-0.05, 0) is 33.2 Å². The first-order valence-electron chi connectivity index (χ1n) is 8.58. The first kappa shape index (κ1) is 21.6. The fourth-order valence-corrected chi connectivity index (χ4v) is 3.61. The molecule has 0 spiro atoms. The number of nitrogens with zero attached hydrogens (tertiary/aromatic N) is 1. The summed E-state index contributed by atoms with van der Waals surface area (Å²) in [7, 11) is 0. The van der Waals surface area contributed by atoms with Crippen molar-refractivity contribution in [3.05, 3.63) is 0 Å². The van der Waals surface area contributed by atoms with E-state index in [1.165, 1.54) is 16.7 Å². The molecule has 1 saturated heterocycles. The Morgan fingerprint density at radius 1 is 1.40 bits per heavy atom. The standard InChI is InChI=1S/C16H28N4O4S/c1-11(2)20-15(23)9-13(16(20)24)25-8-6-14(22)19-18-12(10-21)5-3-4-7-17/h10-13,18H,3-9,17H2,1-2H3,(H,19,22)/t12-,13?/m0/s1. The summed E-state index contributed by atoms with van der Waals surface area (Å²) >= 11 is 1.32. The molecule has 4 N–H and O–H groups in total. The van der Waals surface area contributed by atoms with Crippen molar-refractivity contribution >= 4 is 35.8 Å². The molecule has 0 aromatic heterocycles. The van der Waals surface area contributed by atoms with Crippen LogP contribution in [0.4, 0.5) is 0 Å². The number of carbonyl (C=O) groups excluding carboxylic acids is 4. The van der Waals surface area contributed by atoms with E-state index in [0.29, 0.717) is 18.7 Å². The van der Waals surface area contributed by atoms with Crippen molar-refractivity contribution in [1.29, 1.82) is 0 Å². The van der Waals surface area contributed by atoms with Crippen LogP contribution >= 0.6 is 11.8 Å². The second-order valence-corrected chi connectivity index (χ2v) is 7.54. The molecule has 0 aromatic carbocycles. The summed E-state index contributed by atoms with van der Waals surface area (Å²) in [5, 5.41) is -0.408. The molecule has 1 aliphatic heterocycles. The van der Waals surface area contributed by atoms with Gasteiger partial charge in [0.15, 0.2) is 0 Å². The number of hydrogen-bond acceptors (Lipinski definition) is 7. The average Bonchev–Trinajstić information content (AvgIpc) is 2.84. The topological polar surface area (TPSA) is 122 Å². The van der Waals surface area contributed by atoms with Crippen LogP contribution in [0, 0.1) is 0 Å². The molecule has 9 heteroatoms. The molecular formula is C16H28N4O4S. The van der Waals surface area contributed by atoms with E-state index in [2.05, 4.69) is 10.9 Å².